The van der Waals surface area contributed by atoms with E-state index in [0.717, 1.165) is 0 Å². The molecule has 0 atom stereocenters. The van der Waals surface area contributed by atoms with Crippen LogP contribution >= 0.6 is 12.2 Å². The fourth-order valence-corrected chi connectivity index (χ4v) is 2.30. The van der Waals surface area contributed by atoms with Crippen molar-refractivity contribution in [3.63, 3.8) is 0 Å². The first kappa shape index (κ1) is 20.2. The third-order valence-corrected chi connectivity index (χ3v) is 3.29. The Morgan fingerprint density at radius 2 is 1.67 bits per heavy atom. The number of benzene rings is 2. The van der Waals surface area contributed by atoms with Gasteiger partial charge in [0.2, 0.25) is 5.91 Å². The maximum absolute atomic E-state index is 11.6. The van der Waals surface area contributed by atoms with Gasteiger partial charge in [0.15, 0.2) is 5.11 Å². The molecule has 0 aliphatic rings. The summed E-state index contributed by atoms with van der Waals surface area (Å²) in [5.74, 6) is 0.946. The van der Waals surface area contributed by atoms with Crippen molar-refractivity contribution in [2.75, 3.05) is 10.6 Å². The summed E-state index contributed by atoms with van der Waals surface area (Å²) in [6, 6.07) is 14.3. The molecule has 0 aliphatic carbocycles. The monoisotopic (exact) mass is 387 g/mol. The molecule has 0 saturated heterocycles. The van der Waals surface area contributed by atoms with Gasteiger partial charge in [0.25, 0.3) is 0 Å². The number of hydrogen-bond acceptors (Lipinski definition) is 5. The first-order valence-electron chi connectivity index (χ1n) is 8.26. The Hall–Kier alpha value is -3.13. The summed E-state index contributed by atoms with van der Waals surface area (Å²) >= 11 is 5.11. The number of carbonyl (C=O) groups is 2. The molecule has 7 nitrogen and oxygen atoms in total. The average Bonchev–Trinajstić information content (AvgIpc) is 2.56. The zero-order valence-corrected chi connectivity index (χ0v) is 16.1. The molecule has 0 aromatic heterocycles. The van der Waals surface area contributed by atoms with Crippen LogP contribution < -0.4 is 20.7 Å². The molecule has 2 rings (SSSR count). The van der Waals surface area contributed by atoms with E-state index in [1.54, 1.807) is 32.0 Å². The van der Waals surface area contributed by atoms with Crippen LogP contribution in [0.2, 0.25) is 0 Å². The normalized spacial score (nSPS) is 10.1. The molecule has 3 N–H and O–H groups in total. The summed E-state index contributed by atoms with van der Waals surface area (Å²) in [5, 5.41) is 8.02. The first-order chi connectivity index (χ1) is 12.8. The maximum Gasteiger partial charge on any atom is 0.413 e. The van der Waals surface area contributed by atoms with Gasteiger partial charge in [-0.15, -0.1) is 0 Å². The standard InChI is InChI=1S/C19H21N3O4S/c1-12(2)25-19(24)22-18(27)21-16-10-9-15(11-17(16)20-13(3)23)26-14-7-5-4-6-8-14/h4-12H,1-3H3,(H,20,23)(H2,21,22,24,27). The van der Waals surface area contributed by atoms with Crippen LogP contribution in [0.5, 0.6) is 11.5 Å². The number of ether oxygens (including phenoxy) is 2. The summed E-state index contributed by atoms with van der Waals surface area (Å²) in [4.78, 5) is 23.1. The summed E-state index contributed by atoms with van der Waals surface area (Å²) in [7, 11) is 0. The van der Waals surface area contributed by atoms with Gasteiger partial charge in [-0.1, -0.05) is 18.2 Å². The van der Waals surface area contributed by atoms with Crippen LogP contribution in [0.15, 0.2) is 48.5 Å². The number of carbonyl (C=O) groups excluding carboxylic acids is 2. The lowest BCUT2D eigenvalue weighted by Crippen LogP contribution is -2.36. The van der Waals surface area contributed by atoms with Crippen LogP contribution in [0.25, 0.3) is 0 Å². The largest absolute Gasteiger partial charge is 0.457 e. The van der Waals surface area contributed by atoms with E-state index < -0.39 is 6.09 Å². The Balaban J connectivity index is 2.13. The van der Waals surface area contributed by atoms with E-state index in [2.05, 4.69) is 16.0 Å². The average molecular weight is 387 g/mol. The van der Waals surface area contributed by atoms with Crippen LogP contribution in [-0.2, 0) is 9.53 Å². The highest BCUT2D eigenvalue weighted by molar-refractivity contribution is 7.80. The van der Waals surface area contributed by atoms with Crippen molar-refractivity contribution < 1.29 is 19.1 Å². The fraction of sp³-hybridized carbons (Fsp3) is 0.211. The van der Waals surface area contributed by atoms with Gasteiger partial charge >= 0.3 is 6.09 Å². The van der Waals surface area contributed by atoms with E-state index >= 15 is 0 Å². The Labute approximate surface area is 163 Å². The summed E-state index contributed by atoms with van der Waals surface area (Å²) in [5.41, 5.74) is 0.956. The third kappa shape index (κ3) is 6.95. The number of anilines is 2. The number of alkyl carbamates (subject to hydrolysis) is 1. The number of rotatable bonds is 5. The number of amides is 2. The highest BCUT2D eigenvalue weighted by atomic mass is 32.1. The van der Waals surface area contributed by atoms with Crippen molar-refractivity contribution in [2.24, 2.45) is 0 Å². The first-order valence-corrected chi connectivity index (χ1v) is 8.67. The van der Waals surface area contributed by atoms with Crippen molar-refractivity contribution in [3.05, 3.63) is 48.5 Å². The molecule has 2 aromatic rings. The van der Waals surface area contributed by atoms with Crippen molar-refractivity contribution in [1.82, 2.24) is 5.32 Å². The van der Waals surface area contributed by atoms with Crippen molar-refractivity contribution in [3.8, 4) is 11.5 Å². The zero-order chi connectivity index (χ0) is 19.8. The maximum atomic E-state index is 11.6. The number of nitrogens with one attached hydrogen (secondary N) is 3. The lowest BCUT2D eigenvalue weighted by Gasteiger charge is -2.16. The molecule has 0 aliphatic heterocycles. The van der Waals surface area contributed by atoms with Crippen LogP contribution in [0.3, 0.4) is 0 Å². The van der Waals surface area contributed by atoms with E-state index in [-0.39, 0.29) is 17.1 Å². The van der Waals surface area contributed by atoms with Crippen LogP contribution in [0.1, 0.15) is 20.8 Å². The highest BCUT2D eigenvalue weighted by Crippen LogP contribution is 2.30. The molecular formula is C19H21N3O4S. The van der Waals surface area contributed by atoms with Crippen LogP contribution in [0.4, 0.5) is 16.2 Å². The van der Waals surface area contributed by atoms with Crippen molar-refractivity contribution >= 4 is 40.7 Å². The van der Waals surface area contributed by atoms with Crippen molar-refractivity contribution in [2.45, 2.75) is 26.9 Å². The molecule has 0 saturated carbocycles. The van der Waals surface area contributed by atoms with Gasteiger partial charge in [-0.3, -0.25) is 10.1 Å². The minimum absolute atomic E-state index is 0.0454. The Bertz CT molecular complexity index is 825. The molecule has 2 aromatic carbocycles. The fourth-order valence-electron chi connectivity index (χ4n) is 2.10. The second kappa shape index (κ2) is 9.54. The molecule has 142 valence electrons. The minimum Gasteiger partial charge on any atom is -0.457 e. The number of thiocarbonyl (C=S) groups is 1. The van der Waals surface area contributed by atoms with Gasteiger partial charge in [0.05, 0.1) is 17.5 Å². The van der Waals surface area contributed by atoms with Gasteiger partial charge in [0.1, 0.15) is 11.5 Å². The number of para-hydroxylation sites is 1. The predicted octanol–water partition coefficient (Wildman–Crippen LogP) is 4.27. The quantitative estimate of drug-likeness (QED) is 0.664. The molecule has 8 heteroatoms. The van der Waals surface area contributed by atoms with Crippen LogP contribution in [-0.4, -0.2) is 23.2 Å². The van der Waals surface area contributed by atoms with Crippen LogP contribution in [0, 0.1) is 0 Å². The van der Waals surface area contributed by atoms with E-state index in [4.69, 9.17) is 21.7 Å². The van der Waals surface area contributed by atoms with Gasteiger partial charge in [-0.25, -0.2) is 4.79 Å². The lowest BCUT2D eigenvalue weighted by atomic mass is 10.2. The lowest BCUT2D eigenvalue weighted by molar-refractivity contribution is -0.114. The van der Waals surface area contributed by atoms with E-state index in [0.29, 0.717) is 22.9 Å². The Morgan fingerprint density at radius 3 is 2.30 bits per heavy atom. The van der Waals surface area contributed by atoms with Gasteiger partial charge < -0.3 is 20.1 Å². The molecule has 27 heavy (non-hydrogen) atoms. The molecule has 0 spiro atoms. The molecule has 0 unspecified atom stereocenters. The highest BCUT2D eigenvalue weighted by Gasteiger charge is 2.12. The van der Waals surface area contributed by atoms with E-state index in [9.17, 15) is 9.59 Å². The minimum atomic E-state index is -0.660. The predicted molar refractivity (Wildman–Crippen MR) is 108 cm³/mol. The number of hydrogen-bond donors (Lipinski definition) is 3. The third-order valence-electron chi connectivity index (χ3n) is 3.09. The second-order valence-electron chi connectivity index (χ2n) is 5.84. The van der Waals surface area contributed by atoms with Gasteiger partial charge in [-0.2, -0.15) is 0 Å². The second-order valence-corrected chi connectivity index (χ2v) is 6.25. The summed E-state index contributed by atoms with van der Waals surface area (Å²) < 4.78 is 10.7. The smallest absolute Gasteiger partial charge is 0.413 e. The van der Waals surface area contributed by atoms with Crippen molar-refractivity contribution in [1.29, 1.82) is 0 Å². The topological polar surface area (TPSA) is 88.7 Å². The van der Waals surface area contributed by atoms with Gasteiger partial charge in [-0.05, 0) is 50.3 Å². The van der Waals surface area contributed by atoms with E-state index in [1.165, 1.54) is 6.92 Å². The van der Waals surface area contributed by atoms with E-state index in [1.807, 2.05) is 30.3 Å². The zero-order valence-electron chi connectivity index (χ0n) is 15.2. The molecule has 0 heterocycles. The Morgan fingerprint density at radius 1 is 0.963 bits per heavy atom. The SMILES string of the molecule is CC(=O)Nc1cc(Oc2ccccc2)ccc1NC(=S)NC(=O)OC(C)C. The molecule has 2 amide bonds. The summed E-state index contributed by atoms with van der Waals surface area (Å²) in [6.45, 7) is 4.86. The Kier molecular flexibility index (Phi) is 7.13. The molecule has 0 radical (unpaired) electrons. The molecular weight excluding hydrogens is 366 g/mol. The summed E-state index contributed by atoms with van der Waals surface area (Å²) in [6.07, 6.45) is -0.926. The van der Waals surface area contributed by atoms with Gasteiger partial charge in [0, 0.05) is 13.0 Å². The molecule has 0 bridgehead atoms. The molecule has 0 fully saturated rings.